The molecular formula is C9H13N3O2. The van der Waals surface area contributed by atoms with Crippen molar-refractivity contribution in [3.63, 3.8) is 0 Å². The van der Waals surface area contributed by atoms with Crippen LogP contribution in [-0.4, -0.2) is 22.9 Å². The Hall–Kier alpha value is -1.36. The Morgan fingerprint density at radius 1 is 1.79 bits per heavy atom. The topological polar surface area (TPSA) is 70.1 Å². The number of carbonyl (C=O) groups is 1. The molecule has 1 aromatic heterocycles. The summed E-state index contributed by atoms with van der Waals surface area (Å²) in [6.45, 7) is 0. The molecule has 1 atom stereocenters. The molecule has 1 aliphatic rings. The Kier molecular flexibility index (Phi) is 1.85. The lowest BCUT2D eigenvalue weighted by Gasteiger charge is -2.20. The summed E-state index contributed by atoms with van der Waals surface area (Å²) in [4.78, 5) is 11.5. The van der Waals surface area contributed by atoms with Gasteiger partial charge in [0.25, 0.3) is 0 Å². The zero-order valence-electron chi connectivity index (χ0n) is 8.28. The average Bonchev–Trinajstić information content (AvgIpc) is 2.66. The molecule has 1 aliphatic carbocycles. The molecule has 1 aromatic rings. The van der Waals surface area contributed by atoms with Gasteiger partial charge in [0.2, 0.25) is 0 Å². The van der Waals surface area contributed by atoms with Crippen LogP contribution in [0.25, 0.3) is 0 Å². The second-order valence-electron chi connectivity index (χ2n) is 3.63. The van der Waals surface area contributed by atoms with Crippen molar-refractivity contribution in [1.82, 2.24) is 9.78 Å². The summed E-state index contributed by atoms with van der Waals surface area (Å²) in [5.41, 5.74) is 6.72. The lowest BCUT2D eigenvalue weighted by Crippen LogP contribution is -2.43. The summed E-state index contributed by atoms with van der Waals surface area (Å²) < 4.78 is 6.38. The lowest BCUT2D eigenvalue weighted by atomic mass is 9.95. The number of ether oxygens (including phenoxy) is 1. The van der Waals surface area contributed by atoms with E-state index < -0.39 is 5.54 Å². The number of rotatable bonds is 1. The predicted octanol–water partition coefficient (Wildman–Crippen LogP) is -0.307. The molecule has 14 heavy (non-hydrogen) atoms. The second-order valence-corrected chi connectivity index (χ2v) is 3.63. The molecule has 0 saturated heterocycles. The summed E-state index contributed by atoms with van der Waals surface area (Å²) in [7, 11) is 3.17. The van der Waals surface area contributed by atoms with Crippen molar-refractivity contribution < 1.29 is 9.53 Å². The van der Waals surface area contributed by atoms with E-state index in [2.05, 4.69) is 5.10 Å². The van der Waals surface area contributed by atoms with Gasteiger partial charge in [-0.05, 0) is 12.8 Å². The van der Waals surface area contributed by atoms with Gasteiger partial charge >= 0.3 is 5.97 Å². The Morgan fingerprint density at radius 2 is 2.50 bits per heavy atom. The van der Waals surface area contributed by atoms with E-state index >= 15 is 0 Å². The number of nitrogens with zero attached hydrogens (tertiary/aromatic N) is 2. The zero-order valence-corrected chi connectivity index (χ0v) is 8.28. The second kappa shape index (κ2) is 2.81. The van der Waals surface area contributed by atoms with Gasteiger partial charge in [-0.25, -0.2) is 4.79 Å². The fourth-order valence-corrected chi connectivity index (χ4v) is 1.94. The molecule has 0 aliphatic heterocycles. The molecule has 1 heterocycles. The molecule has 2 N–H and O–H groups in total. The van der Waals surface area contributed by atoms with Crippen LogP contribution in [0.5, 0.6) is 0 Å². The van der Waals surface area contributed by atoms with Crippen LogP contribution in [0, 0.1) is 0 Å². The van der Waals surface area contributed by atoms with Crippen LogP contribution in [0.3, 0.4) is 0 Å². The third-order valence-corrected chi connectivity index (χ3v) is 2.69. The highest BCUT2D eigenvalue weighted by atomic mass is 16.5. The Labute approximate surface area is 81.8 Å². The number of aryl methyl sites for hydroxylation is 2. The third-order valence-electron chi connectivity index (χ3n) is 2.69. The van der Waals surface area contributed by atoms with Crippen LogP contribution < -0.4 is 5.73 Å². The van der Waals surface area contributed by atoms with Crippen LogP contribution in [0.15, 0.2) is 6.20 Å². The summed E-state index contributed by atoms with van der Waals surface area (Å²) in [6.07, 6.45) is 3.11. The number of hydrogen-bond donors (Lipinski definition) is 1. The highest BCUT2D eigenvalue weighted by molar-refractivity contribution is 5.83. The minimum Gasteiger partial charge on any atom is -0.467 e. The van der Waals surface area contributed by atoms with Gasteiger partial charge in [-0.15, -0.1) is 0 Å². The minimum absolute atomic E-state index is 0.385. The number of nitrogens with two attached hydrogens (primary N) is 1. The number of hydrogen-bond acceptors (Lipinski definition) is 4. The number of carbonyl (C=O) groups excluding carboxylic acids is 1. The van der Waals surface area contributed by atoms with Crippen molar-refractivity contribution in [2.24, 2.45) is 12.8 Å². The monoisotopic (exact) mass is 195 g/mol. The summed E-state index contributed by atoms with van der Waals surface area (Å²) in [6, 6.07) is 0. The molecule has 1 unspecified atom stereocenters. The zero-order chi connectivity index (χ0) is 10.3. The molecule has 76 valence electrons. The van der Waals surface area contributed by atoms with Gasteiger partial charge in [0, 0.05) is 18.8 Å². The van der Waals surface area contributed by atoms with E-state index in [1.54, 1.807) is 10.9 Å². The maximum Gasteiger partial charge on any atom is 0.330 e. The normalized spacial score (nSPS) is 24.8. The number of fused-ring (bicyclic) bond motifs is 1. The van der Waals surface area contributed by atoms with Gasteiger partial charge in [0.05, 0.1) is 12.8 Å². The lowest BCUT2D eigenvalue weighted by molar-refractivity contribution is -0.147. The quantitative estimate of drug-likeness (QED) is 0.624. The number of esters is 1. The molecule has 0 fully saturated rings. The van der Waals surface area contributed by atoms with E-state index in [-0.39, 0.29) is 5.97 Å². The van der Waals surface area contributed by atoms with Crippen LogP contribution in [-0.2, 0) is 28.5 Å². The summed E-state index contributed by atoms with van der Waals surface area (Å²) >= 11 is 0. The highest BCUT2D eigenvalue weighted by Crippen LogP contribution is 2.34. The highest BCUT2D eigenvalue weighted by Gasteiger charge is 2.44. The first-order valence-electron chi connectivity index (χ1n) is 4.48. The number of aromatic nitrogens is 2. The van der Waals surface area contributed by atoms with Crippen molar-refractivity contribution in [3.8, 4) is 0 Å². The van der Waals surface area contributed by atoms with Gasteiger partial charge in [0.1, 0.15) is 5.54 Å². The predicted molar refractivity (Wildman–Crippen MR) is 49.4 cm³/mol. The van der Waals surface area contributed by atoms with Crippen molar-refractivity contribution in [1.29, 1.82) is 0 Å². The molecule has 0 spiro atoms. The molecule has 0 saturated carbocycles. The van der Waals surface area contributed by atoms with E-state index in [1.165, 1.54) is 7.11 Å². The molecule has 2 rings (SSSR count). The van der Waals surface area contributed by atoms with Crippen LogP contribution in [0.4, 0.5) is 0 Å². The molecule has 5 heteroatoms. The Bertz CT molecular complexity index is 385. The van der Waals surface area contributed by atoms with Crippen LogP contribution >= 0.6 is 0 Å². The van der Waals surface area contributed by atoms with Crippen molar-refractivity contribution in [3.05, 3.63) is 17.5 Å². The largest absolute Gasteiger partial charge is 0.467 e. The van der Waals surface area contributed by atoms with Gasteiger partial charge in [-0.1, -0.05) is 0 Å². The minimum atomic E-state index is -0.988. The van der Waals surface area contributed by atoms with E-state index in [4.69, 9.17) is 10.5 Å². The Morgan fingerprint density at radius 3 is 3.14 bits per heavy atom. The van der Waals surface area contributed by atoms with Gasteiger partial charge in [-0.2, -0.15) is 5.10 Å². The van der Waals surface area contributed by atoms with E-state index in [0.29, 0.717) is 6.42 Å². The molecule has 0 aromatic carbocycles. The Balaban J connectivity index is 2.45. The van der Waals surface area contributed by atoms with Gasteiger partial charge < -0.3 is 10.5 Å². The third kappa shape index (κ3) is 1.05. The number of methoxy groups -OCH3 is 1. The SMILES string of the molecule is COC(=O)C1(N)CCc2nn(C)cc21. The first kappa shape index (κ1) is 9.21. The molecular weight excluding hydrogens is 182 g/mol. The summed E-state index contributed by atoms with van der Waals surface area (Å²) in [5.74, 6) is -0.385. The van der Waals surface area contributed by atoms with E-state index in [0.717, 1.165) is 17.7 Å². The standard InChI is InChI=1S/C9H13N3O2/c1-12-5-6-7(11-12)3-4-9(6,10)8(13)14-2/h5H,3-4,10H2,1-2H3. The first-order valence-corrected chi connectivity index (χ1v) is 4.48. The van der Waals surface area contributed by atoms with Gasteiger partial charge in [0.15, 0.2) is 0 Å². The molecule has 5 nitrogen and oxygen atoms in total. The van der Waals surface area contributed by atoms with Crippen LogP contribution in [0.1, 0.15) is 17.7 Å². The van der Waals surface area contributed by atoms with E-state index in [1.807, 2.05) is 7.05 Å². The van der Waals surface area contributed by atoms with Crippen molar-refractivity contribution in [2.75, 3.05) is 7.11 Å². The average molecular weight is 195 g/mol. The molecule has 0 radical (unpaired) electrons. The maximum absolute atomic E-state index is 11.5. The fourth-order valence-electron chi connectivity index (χ4n) is 1.94. The molecule has 0 amide bonds. The van der Waals surface area contributed by atoms with Crippen molar-refractivity contribution >= 4 is 5.97 Å². The van der Waals surface area contributed by atoms with E-state index in [9.17, 15) is 4.79 Å². The molecule has 0 bridgehead atoms. The van der Waals surface area contributed by atoms with Crippen molar-refractivity contribution in [2.45, 2.75) is 18.4 Å². The summed E-state index contributed by atoms with van der Waals surface area (Å²) in [5, 5.41) is 4.23. The first-order chi connectivity index (χ1) is 6.58. The van der Waals surface area contributed by atoms with Gasteiger partial charge in [-0.3, -0.25) is 4.68 Å². The van der Waals surface area contributed by atoms with Crippen LogP contribution in [0.2, 0.25) is 0 Å². The fraction of sp³-hybridized carbons (Fsp3) is 0.556. The maximum atomic E-state index is 11.5. The smallest absolute Gasteiger partial charge is 0.330 e.